The van der Waals surface area contributed by atoms with E-state index in [9.17, 15) is 9.59 Å². The molecular formula is C19H28N2O4. The van der Waals surface area contributed by atoms with Gasteiger partial charge in [-0.2, -0.15) is 0 Å². The topological polar surface area (TPSA) is 67.9 Å². The van der Waals surface area contributed by atoms with Gasteiger partial charge in [-0.05, 0) is 58.4 Å². The van der Waals surface area contributed by atoms with E-state index in [2.05, 4.69) is 5.32 Å². The van der Waals surface area contributed by atoms with Gasteiger partial charge in [0, 0.05) is 25.4 Å². The molecule has 138 valence electrons. The Hall–Kier alpha value is -2.50. The molecule has 0 aromatic heterocycles. The number of nitrogens with one attached hydrogen (secondary N) is 1. The molecule has 0 radical (unpaired) electrons. The second-order valence-electron chi connectivity index (χ2n) is 6.84. The molecule has 0 aliphatic heterocycles. The third-order valence-electron chi connectivity index (χ3n) is 3.16. The van der Waals surface area contributed by atoms with Crippen LogP contribution in [0.5, 0.6) is 0 Å². The quantitative estimate of drug-likeness (QED) is 0.642. The zero-order valence-corrected chi connectivity index (χ0v) is 16.1. The number of anilines is 2. The first-order valence-electron chi connectivity index (χ1n) is 8.20. The van der Waals surface area contributed by atoms with Crippen LogP contribution in [-0.2, 0) is 14.3 Å². The van der Waals surface area contributed by atoms with Crippen molar-refractivity contribution in [1.29, 1.82) is 0 Å². The molecule has 0 heterocycles. The molecule has 6 heteroatoms. The lowest BCUT2D eigenvalue weighted by Crippen LogP contribution is -2.27. The van der Waals surface area contributed by atoms with E-state index >= 15 is 0 Å². The zero-order chi connectivity index (χ0) is 19.2. The van der Waals surface area contributed by atoms with Gasteiger partial charge in [0.1, 0.15) is 5.60 Å². The number of ether oxygens (including phenoxy) is 2. The highest BCUT2D eigenvalue weighted by molar-refractivity contribution is 5.96. The third kappa shape index (κ3) is 6.87. The molecule has 0 saturated carbocycles. The first-order chi connectivity index (χ1) is 11.5. The minimum absolute atomic E-state index is 0.312. The van der Waals surface area contributed by atoms with Crippen LogP contribution in [-0.4, -0.2) is 38.4 Å². The van der Waals surface area contributed by atoms with Gasteiger partial charge in [-0.1, -0.05) is 6.07 Å². The fraction of sp³-hybridized carbons (Fsp3) is 0.474. The normalized spacial score (nSPS) is 11.7. The van der Waals surface area contributed by atoms with Crippen molar-refractivity contribution in [3.63, 3.8) is 0 Å². The second-order valence-corrected chi connectivity index (χ2v) is 6.84. The van der Waals surface area contributed by atoms with Crippen LogP contribution in [0.2, 0.25) is 0 Å². The van der Waals surface area contributed by atoms with Crippen molar-refractivity contribution in [3.8, 4) is 0 Å². The first-order valence-corrected chi connectivity index (χ1v) is 8.20. The van der Waals surface area contributed by atoms with Crippen LogP contribution >= 0.6 is 0 Å². The Morgan fingerprint density at radius 1 is 1.24 bits per heavy atom. The summed E-state index contributed by atoms with van der Waals surface area (Å²) in [6, 6.07) is 5.57. The van der Waals surface area contributed by atoms with Crippen molar-refractivity contribution in [2.45, 2.75) is 40.2 Å². The lowest BCUT2D eigenvalue weighted by molar-refractivity contribution is -0.138. The van der Waals surface area contributed by atoms with Crippen molar-refractivity contribution >= 4 is 29.5 Å². The summed E-state index contributed by atoms with van der Waals surface area (Å²) in [5, 5.41) is 2.75. The standard InChI is InChI=1S/C19H28N2O4/c1-8-24-17(22)13(2)11-14-9-10-15(21(6)7)12-16(14)20-18(23)25-19(3,4)5/h9-12H,8H2,1-7H3,(H,20,23). The number of hydrogen-bond donors (Lipinski definition) is 1. The minimum atomic E-state index is -0.597. The molecule has 0 atom stereocenters. The lowest BCUT2D eigenvalue weighted by Gasteiger charge is -2.21. The summed E-state index contributed by atoms with van der Waals surface area (Å²) in [6.07, 6.45) is 1.14. The van der Waals surface area contributed by atoms with Crippen LogP contribution in [0.4, 0.5) is 16.2 Å². The average molecular weight is 348 g/mol. The number of carbonyl (C=O) groups excluding carboxylic acids is 2. The van der Waals surface area contributed by atoms with Gasteiger partial charge in [-0.3, -0.25) is 5.32 Å². The van der Waals surface area contributed by atoms with Crippen LogP contribution in [0.15, 0.2) is 23.8 Å². The second kappa shape index (κ2) is 8.55. The maximum atomic E-state index is 12.1. The van der Waals surface area contributed by atoms with Crippen molar-refractivity contribution in [2.75, 3.05) is 30.9 Å². The predicted octanol–water partition coefficient (Wildman–Crippen LogP) is 4.07. The number of carbonyl (C=O) groups is 2. The monoisotopic (exact) mass is 348 g/mol. The Balaban J connectivity index is 3.18. The molecule has 1 amide bonds. The summed E-state index contributed by atoms with van der Waals surface area (Å²) in [6.45, 7) is 9.14. The van der Waals surface area contributed by atoms with E-state index in [0.717, 1.165) is 5.69 Å². The van der Waals surface area contributed by atoms with Gasteiger partial charge >= 0.3 is 12.1 Å². The van der Waals surface area contributed by atoms with E-state index < -0.39 is 11.7 Å². The molecule has 0 unspecified atom stereocenters. The van der Waals surface area contributed by atoms with E-state index in [1.165, 1.54) is 0 Å². The summed E-state index contributed by atoms with van der Waals surface area (Å²) in [4.78, 5) is 25.9. The van der Waals surface area contributed by atoms with Crippen molar-refractivity contribution in [1.82, 2.24) is 0 Å². The van der Waals surface area contributed by atoms with E-state index in [4.69, 9.17) is 9.47 Å². The summed E-state index contributed by atoms with van der Waals surface area (Å²) in [7, 11) is 3.82. The third-order valence-corrected chi connectivity index (χ3v) is 3.16. The maximum absolute atomic E-state index is 12.1. The highest BCUT2D eigenvalue weighted by Gasteiger charge is 2.17. The fourth-order valence-electron chi connectivity index (χ4n) is 2.01. The highest BCUT2D eigenvalue weighted by Crippen LogP contribution is 2.26. The first kappa shape index (κ1) is 20.5. The predicted molar refractivity (Wildman–Crippen MR) is 101 cm³/mol. The number of rotatable bonds is 5. The smallest absolute Gasteiger partial charge is 0.412 e. The van der Waals surface area contributed by atoms with Crippen LogP contribution in [0.3, 0.4) is 0 Å². The fourth-order valence-corrected chi connectivity index (χ4v) is 2.01. The highest BCUT2D eigenvalue weighted by atomic mass is 16.6. The Morgan fingerprint density at radius 2 is 1.88 bits per heavy atom. The molecule has 6 nitrogen and oxygen atoms in total. The van der Waals surface area contributed by atoms with E-state index in [1.54, 1.807) is 40.7 Å². The van der Waals surface area contributed by atoms with Crippen molar-refractivity contribution in [3.05, 3.63) is 29.3 Å². The van der Waals surface area contributed by atoms with Gasteiger partial charge in [-0.15, -0.1) is 0 Å². The lowest BCUT2D eigenvalue weighted by atomic mass is 10.1. The summed E-state index contributed by atoms with van der Waals surface area (Å²) in [5.74, 6) is -0.387. The number of hydrogen-bond acceptors (Lipinski definition) is 5. The van der Waals surface area contributed by atoms with E-state index in [0.29, 0.717) is 23.4 Å². The van der Waals surface area contributed by atoms with Gasteiger partial charge in [-0.25, -0.2) is 9.59 Å². The Bertz CT molecular complexity index is 658. The summed E-state index contributed by atoms with van der Waals surface area (Å²) < 4.78 is 10.3. The summed E-state index contributed by atoms with van der Waals surface area (Å²) >= 11 is 0. The molecule has 1 rings (SSSR count). The average Bonchev–Trinajstić information content (AvgIpc) is 2.46. The Labute approximate surface area is 149 Å². The van der Waals surface area contributed by atoms with Crippen molar-refractivity contribution < 1.29 is 19.1 Å². The van der Waals surface area contributed by atoms with Crippen LogP contribution < -0.4 is 10.2 Å². The van der Waals surface area contributed by atoms with Crippen LogP contribution in [0.25, 0.3) is 6.08 Å². The van der Waals surface area contributed by atoms with Crippen molar-refractivity contribution in [2.24, 2.45) is 0 Å². The molecule has 0 fully saturated rings. The molecule has 0 spiro atoms. The molecule has 0 saturated heterocycles. The van der Waals surface area contributed by atoms with Crippen LogP contribution in [0.1, 0.15) is 40.2 Å². The Morgan fingerprint density at radius 3 is 2.40 bits per heavy atom. The Kier molecular flexibility index (Phi) is 7.03. The van der Waals surface area contributed by atoms with Gasteiger partial charge in [0.15, 0.2) is 0 Å². The van der Waals surface area contributed by atoms with Gasteiger partial charge in [0.2, 0.25) is 0 Å². The molecule has 0 bridgehead atoms. The van der Waals surface area contributed by atoms with Gasteiger partial charge in [0.05, 0.1) is 12.3 Å². The number of esters is 1. The van der Waals surface area contributed by atoms with Gasteiger partial charge < -0.3 is 14.4 Å². The van der Waals surface area contributed by atoms with Gasteiger partial charge in [0.25, 0.3) is 0 Å². The summed E-state index contributed by atoms with van der Waals surface area (Å²) in [5.41, 5.74) is 2.02. The largest absolute Gasteiger partial charge is 0.463 e. The minimum Gasteiger partial charge on any atom is -0.463 e. The SMILES string of the molecule is CCOC(=O)C(C)=Cc1ccc(N(C)C)cc1NC(=O)OC(C)(C)C. The molecular weight excluding hydrogens is 320 g/mol. The molecule has 0 aliphatic carbocycles. The molecule has 1 aromatic carbocycles. The molecule has 0 aliphatic rings. The molecule has 1 aromatic rings. The molecule has 1 N–H and O–H groups in total. The van der Waals surface area contributed by atoms with Crippen LogP contribution in [0, 0.1) is 0 Å². The molecule has 25 heavy (non-hydrogen) atoms. The van der Waals surface area contributed by atoms with E-state index in [1.807, 2.05) is 37.2 Å². The number of amides is 1. The maximum Gasteiger partial charge on any atom is 0.412 e. The van der Waals surface area contributed by atoms with E-state index in [-0.39, 0.29) is 5.97 Å². The zero-order valence-electron chi connectivity index (χ0n) is 16.1. The number of nitrogens with zero attached hydrogens (tertiary/aromatic N) is 1. The number of benzene rings is 1.